The number of carbonyl (C=O) groups excluding carboxylic acids is 2. The SMILES string of the molecule is CC1(C)C2CCC1(C)C1(C2)NC(=O)NC1=O. The summed E-state index contributed by atoms with van der Waals surface area (Å²) in [5.41, 5.74) is -0.626. The summed E-state index contributed by atoms with van der Waals surface area (Å²) in [6, 6.07) is -0.324. The molecule has 2 saturated carbocycles. The van der Waals surface area contributed by atoms with E-state index in [0.29, 0.717) is 5.92 Å². The molecule has 1 aliphatic heterocycles. The van der Waals surface area contributed by atoms with Crippen LogP contribution in [-0.4, -0.2) is 17.5 Å². The average Bonchev–Trinajstić information content (AvgIpc) is 2.63. The molecule has 16 heavy (non-hydrogen) atoms. The fraction of sp³-hybridized carbons (Fsp3) is 0.833. The van der Waals surface area contributed by atoms with E-state index in [1.165, 1.54) is 6.42 Å². The van der Waals surface area contributed by atoms with E-state index < -0.39 is 5.54 Å². The van der Waals surface area contributed by atoms with Gasteiger partial charge in [0.1, 0.15) is 5.54 Å². The molecular weight excluding hydrogens is 204 g/mol. The number of carbonyl (C=O) groups is 2. The smallest absolute Gasteiger partial charge is 0.322 e. The lowest BCUT2D eigenvalue weighted by molar-refractivity contribution is -0.129. The number of hydrogen-bond donors (Lipinski definition) is 2. The second kappa shape index (κ2) is 2.44. The molecule has 3 aliphatic rings. The van der Waals surface area contributed by atoms with Gasteiger partial charge in [-0.25, -0.2) is 4.79 Å². The molecule has 1 heterocycles. The summed E-state index contributed by atoms with van der Waals surface area (Å²) in [5, 5.41) is 5.32. The van der Waals surface area contributed by atoms with Crippen LogP contribution in [0, 0.1) is 16.7 Å². The van der Waals surface area contributed by atoms with Crippen molar-refractivity contribution in [2.24, 2.45) is 16.7 Å². The monoisotopic (exact) mass is 222 g/mol. The first-order valence-electron chi connectivity index (χ1n) is 5.97. The summed E-state index contributed by atoms with van der Waals surface area (Å²) < 4.78 is 0. The number of urea groups is 1. The van der Waals surface area contributed by atoms with Crippen LogP contribution in [0.1, 0.15) is 40.0 Å². The van der Waals surface area contributed by atoms with Gasteiger partial charge in [0.15, 0.2) is 0 Å². The van der Waals surface area contributed by atoms with Crippen LogP contribution in [0.3, 0.4) is 0 Å². The van der Waals surface area contributed by atoms with Crippen LogP contribution in [0.15, 0.2) is 0 Å². The van der Waals surface area contributed by atoms with Crippen LogP contribution in [0.4, 0.5) is 4.79 Å². The van der Waals surface area contributed by atoms with Crippen molar-refractivity contribution in [3.63, 3.8) is 0 Å². The fourth-order valence-corrected chi connectivity index (χ4v) is 4.34. The van der Waals surface area contributed by atoms with Gasteiger partial charge in [0, 0.05) is 5.41 Å². The first kappa shape index (κ1) is 10.1. The molecule has 1 spiro atoms. The van der Waals surface area contributed by atoms with Gasteiger partial charge >= 0.3 is 6.03 Å². The molecule has 0 radical (unpaired) electrons. The minimum atomic E-state index is -0.642. The summed E-state index contributed by atoms with van der Waals surface area (Å²) in [6.45, 7) is 6.62. The molecule has 0 aromatic rings. The Morgan fingerprint density at radius 3 is 2.31 bits per heavy atom. The van der Waals surface area contributed by atoms with Gasteiger partial charge in [0.05, 0.1) is 0 Å². The van der Waals surface area contributed by atoms with E-state index in [0.717, 1.165) is 12.8 Å². The average molecular weight is 222 g/mol. The Labute approximate surface area is 95.2 Å². The quantitative estimate of drug-likeness (QED) is 0.609. The highest BCUT2D eigenvalue weighted by atomic mass is 16.2. The second-order valence-corrected chi connectivity index (χ2v) is 6.31. The highest BCUT2D eigenvalue weighted by Gasteiger charge is 2.73. The summed E-state index contributed by atoms with van der Waals surface area (Å²) in [5.74, 6) is 0.428. The summed E-state index contributed by atoms with van der Waals surface area (Å²) in [7, 11) is 0. The Balaban J connectivity index is 2.13. The van der Waals surface area contributed by atoms with Gasteiger partial charge in [-0.15, -0.1) is 0 Å². The normalized spacial score (nSPS) is 48.6. The van der Waals surface area contributed by atoms with E-state index >= 15 is 0 Å². The van der Waals surface area contributed by atoms with E-state index in [2.05, 4.69) is 31.4 Å². The zero-order valence-electron chi connectivity index (χ0n) is 10.0. The molecule has 0 aromatic carbocycles. The molecule has 4 heteroatoms. The molecule has 3 rings (SSSR count). The zero-order valence-corrected chi connectivity index (χ0v) is 10.0. The lowest BCUT2D eigenvalue weighted by Crippen LogP contribution is -2.58. The van der Waals surface area contributed by atoms with E-state index in [-0.39, 0.29) is 22.8 Å². The molecule has 3 unspecified atom stereocenters. The molecule has 2 aliphatic carbocycles. The van der Waals surface area contributed by atoms with Crippen molar-refractivity contribution >= 4 is 11.9 Å². The van der Waals surface area contributed by atoms with Crippen LogP contribution in [-0.2, 0) is 4.79 Å². The molecule has 0 aromatic heterocycles. The van der Waals surface area contributed by atoms with Crippen molar-refractivity contribution in [3.05, 3.63) is 0 Å². The summed E-state index contributed by atoms with van der Waals surface area (Å²) >= 11 is 0. The maximum Gasteiger partial charge on any atom is 0.322 e. The van der Waals surface area contributed by atoms with Crippen molar-refractivity contribution < 1.29 is 9.59 Å². The van der Waals surface area contributed by atoms with Crippen LogP contribution in [0.2, 0.25) is 0 Å². The Hall–Kier alpha value is -1.06. The Kier molecular flexibility index (Phi) is 1.54. The zero-order chi connectivity index (χ0) is 11.8. The first-order chi connectivity index (χ1) is 7.33. The predicted octanol–water partition coefficient (Wildman–Crippen LogP) is 1.41. The van der Waals surface area contributed by atoms with Gasteiger partial charge in [-0.1, -0.05) is 20.8 Å². The maximum atomic E-state index is 12.1. The lowest BCUT2D eigenvalue weighted by atomic mass is 9.63. The Bertz CT molecular complexity index is 404. The molecule has 2 N–H and O–H groups in total. The number of fused-ring (bicyclic) bond motifs is 3. The standard InChI is InChI=1S/C12H18N2O2/c1-10(2)7-4-5-11(10,3)12(6-7)8(15)13-9(16)14-12/h7H,4-6H2,1-3H3,(H2,13,14,15,16). The number of nitrogens with one attached hydrogen (secondary N) is 2. The van der Waals surface area contributed by atoms with Crippen LogP contribution in [0.25, 0.3) is 0 Å². The molecule has 3 atom stereocenters. The number of hydrogen-bond acceptors (Lipinski definition) is 2. The van der Waals surface area contributed by atoms with Crippen molar-refractivity contribution in [2.45, 2.75) is 45.6 Å². The molecule has 3 fully saturated rings. The number of amides is 3. The van der Waals surface area contributed by atoms with Crippen LogP contribution >= 0.6 is 0 Å². The number of imide groups is 1. The minimum Gasteiger partial charge on any atom is -0.323 e. The van der Waals surface area contributed by atoms with Gasteiger partial charge in [-0.05, 0) is 30.6 Å². The summed E-state index contributed by atoms with van der Waals surface area (Å²) in [6.07, 6.45) is 3.00. The van der Waals surface area contributed by atoms with E-state index in [9.17, 15) is 9.59 Å². The van der Waals surface area contributed by atoms with E-state index in [1.807, 2.05) is 0 Å². The van der Waals surface area contributed by atoms with Crippen molar-refractivity contribution in [3.8, 4) is 0 Å². The van der Waals surface area contributed by atoms with Gasteiger partial charge in [-0.3, -0.25) is 10.1 Å². The largest absolute Gasteiger partial charge is 0.323 e. The maximum absolute atomic E-state index is 12.1. The Morgan fingerprint density at radius 1 is 1.25 bits per heavy atom. The second-order valence-electron chi connectivity index (χ2n) is 6.31. The molecule has 3 amide bonds. The molecule has 2 bridgehead atoms. The molecule has 88 valence electrons. The van der Waals surface area contributed by atoms with Gasteiger partial charge in [0.25, 0.3) is 5.91 Å². The van der Waals surface area contributed by atoms with Crippen LogP contribution in [0.5, 0.6) is 0 Å². The lowest BCUT2D eigenvalue weighted by Gasteiger charge is -2.44. The number of rotatable bonds is 0. The minimum absolute atomic E-state index is 0.110. The third-order valence-corrected chi connectivity index (χ3v) is 5.87. The third-order valence-electron chi connectivity index (χ3n) is 5.87. The fourth-order valence-electron chi connectivity index (χ4n) is 4.34. The molecule has 1 saturated heterocycles. The highest BCUT2D eigenvalue weighted by molar-refractivity contribution is 6.08. The topological polar surface area (TPSA) is 58.2 Å². The Morgan fingerprint density at radius 2 is 1.94 bits per heavy atom. The molecular formula is C12H18N2O2. The van der Waals surface area contributed by atoms with Crippen LogP contribution < -0.4 is 10.6 Å². The third kappa shape index (κ3) is 0.770. The van der Waals surface area contributed by atoms with Crippen molar-refractivity contribution in [1.29, 1.82) is 0 Å². The summed E-state index contributed by atoms with van der Waals surface area (Å²) in [4.78, 5) is 23.5. The van der Waals surface area contributed by atoms with Crippen molar-refractivity contribution in [2.75, 3.05) is 0 Å². The van der Waals surface area contributed by atoms with E-state index in [1.54, 1.807) is 0 Å². The molecule has 4 nitrogen and oxygen atoms in total. The highest BCUT2D eigenvalue weighted by Crippen LogP contribution is 2.70. The predicted molar refractivity (Wildman–Crippen MR) is 58.6 cm³/mol. The van der Waals surface area contributed by atoms with E-state index in [4.69, 9.17) is 0 Å². The first-order valence-corrected chi connectivity index (χ1v) is 5.97. The van der Waals surface area contributed by atoms with Crippen molar-refractivity contribution in [1.82, 2.24) is 10.6 Å². The van der Waals surface area contributed by atoms with Gasteiger partial charge < -0.3 is 5.32 Å². The van der Waals surface area contributed by atoms with Gasteiger partial charge in [-0.2, -0.15) is 0 Å². The van der Waals surface area contributed by atoms with Gasteiger partial charge in [0.2, 0.25) is 0 Å².